The van der Waals surface area contributed by atoms with Gasteiger partial charge in [-0.3, -0.25) is 0 Å². The number of nitrogens with zero attached hydrogens (tertiary/aromatic N) is 3. The smallest absolute Gasteiger partial charge is 0.409 e. The summed E-state index contributed by atoms with van der Waals surface area (Å²) in [6.45, 7) is 3.51. The number of ether oxygens (including phenoxy) is 2. The van der Waals surface area contributed by atoms with Crippen LogP contribution in [0.5, 0.6) is 5.75 Å². The van der Waals surface area contributed by atoms with Gasteiger partial charge in [0.2, 0.25) is 5.75 Å². The first kappa shape index (κ1) is 15.1. The van der Waals surface area contributed by atoms with Gasteiger partial charge >= 0.3 is 6.09 Å². The molecule has 1 aromatic rings. The quantitative estimate of drug-likeness (QED) is 0.857. The lowest BCUT2D eigenvalue weighted by Crippen LogP contribution is -2.42. The summed E-state index contributed by atoms with van der Waals surface area (Å²) in [6, 6.07) is 0.207. The van der Waals surface area contributed by atoms with Gasteiger partial charge in [-0.25, -0.2) is 14.8 Å². The number of carbonyl (C=O) groups excluding carboxylic acids is 1. The van der Waals surface area contributed by atoms with Gasteiger partial charge in [-0.1, -0.05) is 0 Å². The first-order chi connectivity index (χ1) is 10.2. The third kappa shape index (κ3) is 3.65. The van der Waals surface area contributed by atoms with Crippen molar-refractivity contribution in [2.75, 3.05) is 37.9 Å². The summed E-state index contributed by atoms with van der Waals surface area (Å²) in [4.78, 5) is 21.4. The van der Waals surface area contributed by atoms with Gasteiger partial charge in [0.25, 0.3) is 0 Å². The van der Waals surface area contributed by atoms with Gasteiger partial charge in [0.05, 0.1) is 13.7 Å². The summed E-state index contributed by atoms with van der Waals surface area (Å²) in [6.07, 6.45) is 2.77. The van der Waals surface area contributed by atoms with Crippen molar-refractivity contribution in [3.05, 3.63) is 6.33 Å². The van der Waals surface area contributed by atoms with E-state index in [0.29, 0.717) is 37.1 Å². The van der Waals surface area contributed by atoms with Gasteiger partial charge in [-0.15, -0.1) is 0 Å². The van der Waals surface area contributed by atoms with E-state index >= 15 is 0 Å². The Hall–Kier alpha value is -2.25. The van der Waals surface area contributed by atoms with Crippen molar-refractivity contribution in [1.29, 1.82) is 0 Å². The molecule has 1 saturated heterocycles. The van der Waals surface area contributed by atoms with Gasteiger partial charge in [0.15, 0.2) is 11.6 Å². The number of anilines is 2. The van der Waals surface area contributed by atoms with E-state index in [9.17, 15) is 4.79 Å². The molecule has 0 aromatic carbocycles. The van der Waals surface area contributed by atoms with Gasteiger partial charge in [0, 0.05) is 19.1 Å². The molecular weight excluding hydrogens is 274 g/mol. The fourth-order valence-electron chi connectivity index (χ4n) is 2.31. The fourth-order valence-corrected chi connectivity index (χ4v) is 2.31. The highest BCUT2D eigenvalue weighted by Gasteiger charge is 2.24. The number of nitrogens with one attached hydrogen (secondary N) is 1. The zero-order valence-corrected chi connectivity index (χ0v) is 12.3. The Morgan fingerprint density at radius 1 is 1.48 bits per heavy atom. The van der Waals surface area contributed by atoms with E-state index in [1.165, 1.54) is 13.4 Å². The number of carbonyl (C=O) groups is 1. The van der Waals surface area contributed by atoms with Crippen LogP contribution in [0.25, 0.3) is 0 Å². The Morgan fingerprint density at radius 3 is 2.81 bits per heavy atom. The predicted octanol–water partition coefficient (Wildman–Crippen LogP) is 1.10. The van der Waals surface area contributed by atoms with Gasteiger partial charge in [0.1, 0.15) is 6.33 Å². The molecule has 1 fully saturated rings. The molecule has 0 saturated carbocycles. The minimum Gasteiger partial charge on any atom is -0.490 e. The highest BCUT2D eigenvalue weighted by atomic mass is 16.6. The highest BCUT2D eigenvalue weighted by molar-refractivity contribution is 5.67. The van der Waals surface area contributed by atoms with Gasteiger partial charge in [-0.2, -0.15) is 0 Å². The third-order valence-electron chi connectivity index (χ3n) is 3.40. The lowest BCUT2D eigenvalue weighted by Gasteiger charge is -2.32. The Bertz CT molecular complexity index is 489. The van der Waals surface area contributed by atoms with Crippen LogP contribution in [0, 0.1) is 0 Å². The maximum atomic E-state index is 11.6. The molecule has 2 rings (SSSR count). The molecule has 0 bridgehead atoms. The second-order valence-corrected chi connectivity index (χ2v) is 4.75. The van der Waals surface area contributed by atoms with E-state index in [0.717, 1.165) is 12.8 Å². The number of aromatic nitrogens is 2. The maximum Gasteiger partial charge on any atom is 0.409 e. The van der Waals surface area contributed by atoms with E-state index in [2.05, 4.69) is 15.3 Å². The molecule has 8 heteroatoms. The minimum atomic E-state index is -0.250. The number of nitrogen functional groups attached to an aromatic ring is 1. The van der Waals surface area contributed by atoms with Crippen molar-refractivity contribution in [3.63, 3.8) is 0 Å². The number of methoxy groups -OCH3 is 1. The van der Waals surface area contributed by atoms with Gasteiger partial charge in [-0.05, 0) is 19.8 Å². The van der Waals surface area contributed by atoms with E-state index in [1.54, 1.807) is 11.8 Å². The van der Waals surface area contributed by atoms with Crippen LogP contribution in [0.4, 0.5) is 16.4 Å². The van der Waals surface area contributed by atoms with Crippen LogP contribution in [-0.4, -0.2) is 53.8 Å². The first-order valence-electron chi connectivity index (χ1n) is 6.98. The van der Waals surface area contributed by atoms with Crippen LogP contribution in [-0.2, 0) is 4.74 Å². The summed E-state index contributed by atoms with van der Waals surface area (Å²) in [5, 5.41) is 3.30. The highest BCUT2D eigenvalue weighted by Crippen LogP contribution is 2.28. The summed E-state index contributed by atoms with van der Waals surface area (Å²) in [5.41, 5.74) is 5.75. The first-order valence-corrected chi connectivity index (χ1v) is 6.98. The van der Waals surface area contributed by atoms with E-state index in [-0.39, 0.29) is 12.1 Å². The molecule has 116 valence electrons. The monoisotopic (exact) mass is 295 g/mol. The molecule has 0 unspecified atom stereocenters. The van der Waals surface area contributed by atoms with Gasteiger partial charge < -0.3 is 25.4 Å². The van der Waals surface area contributed by atoms with Crippen LogP contribution >= 0.6 is 0 Å². The zero-order valence-electron chi connectivity index (χ0n) is 12.3. The summed E-state index contributed by atoms with van der Waals surface area (Å²) in [5.74, 6) is 1.34. The molecule has 2 heterocycles. The molecule has 0 spiro atoms. The summed E-state index contributed by atoms with van der Waals surface area (Å²) < 4.78 is 10.2. The van der Waals surface area contributed by atoms with Crippen LogP contribution in [0.15, 0.2) is 6.33 Å². The summed E-state index contributed by atoms with van der Waals surface area (Å²) >= 11 is 0. The Kier molecular flexibility index (Phi) is 5.02. The molecular formula is C13H21N5O3. The molecule has 0 atom stereocenters. The molecule has 1 aliphatic heterocycles. The van der Waals surface area contributed by atoms with Crippen LogP contribution in [0.3, 0.4) is 0 Å². The maximum absolute atomic E-state index is 11.6. The largest absolute Gasteiger partial charge is 0.490 e. The second-order valence-electron chi connectivity index (χ2n) is 4.75. The van der Waals surface area contributed by atoms with Crippen molar-refractivity contribution in [1.82, 2.24) is 14.9 Å². The van der Waals surface area contributed by atoms with E-state index in [4.69, 9.17) is 15.2 Å². The molecule has 3 N–H and O–H groups in total. The molecule has 0 radical (unpaired) electrons. The Morgan fingerprint density at radius 2 is 2.19 bits per heavy atom. The predicted molar refractivity (Wildman–Crippen MR) is 78.2 cm³/mol. The zero-order chi connectivity index (χ0) is 15.2. The average Bonchev–Trinajstić information content (AvgIpc) is 2.48. The minimum absolute atomic E-state index is 0.207. The molecule has 8 nitrogen and oxygen atoms in total. The van der Waals surface area contributed by atoms with E-state index in [1.807, 2.05) is 0 Å². The number of hydrogen-bond donors (Lipinski definition) is 2. The van der Waals surface area contributed by atoms with Crippen molar-refractivity contribution >= 4 is 17.7 Å². The van der Waals surface area contributed by atoms with Crippen molar-refractivity contribution in [2.45, 2.75) is 25.8 Å². The van der Waals surface area contributed by atoms with E-state index < -0.39 is 0 Å². The molecule has 1 aromatic heterocycles. The third-order valence-corrected chi connectivity index (χ3v) is 3.40. The molecule has 0 aliphatic carbocycles. The fraction of sp³-hybridized carbons (Fsp3) is 0.615. The standard InChI is InChI=1S/C13H21N5O3/c1-3-21-13(19)18-6-4-9(5-7-18)17-12-10(20-2)11(14)15-8-16-12/h8-9H,3-7H2,1-2H3,(H3,14,15,16,17). The topological polar surface area (TPSA) is 103 Å². The molecule has 21 heavy (non-hydrogen) atoms. The van der Waals surface area contributed by atoms with Crippen LogP contribution < -0.4 is 15.8 Å². The SMILES string of the molecule is CCOC(=O)N1CCC(Nc2ncnc(N)c2OC)CC1. The lowest BCUT2D eigenvalue weighted by molar-refractivity contribution is 0.0983. The number of hydrogen-bond acceptors (Lipinski definition) is 7. The lowest BCUT2D eigenvalue weighted by atomic mass is 10.1. The second kappa shape index (κ2) is 6.96. The van der Waals surface area contributed by atoms with Crippen LogP contribution in [0.2, 0.25) is 0 Å². The van der Waals surface area contributed by atoms with Crippen molar-refractivity contribution in [3.8, 4) is 5.75 Å². The van der Waals surface area contributed by atoms with Crippen molar-refractivity contribution in [2.24, 2.45) is 0 Å². The summed E-state index contributed by atoms with van der Waals surface area (Å²) in [7, 11) is 1.53. The average molecular weight is 295 g/mol. The Balaban J connectivity index is 1.92. The van der Waals surface area contributed by atoms with Crippen LogP contribution in [0.1, 0.15) is 19.8 Å². The number of amides is 1. The van der Waals surface area contributed by atoms with Crippen molar-refractivity contribution < 1.29 is 14.3 Å². The normalized spacial score (nSPS) is 15.6. The Labute approximate surface area is 123 Å². The number of likely N-dealkylation sites (tertiary alicyclic amines) is 1. The number of rotatable bonds is 4. The molecule has 1 amide bonds. The number of nitrogens with two attached hydrogens (primary N) is 1. The number of piperidine rings is 1. The molecule has 1 aliphatic rings.